The first-order valence-corrected chi connectivity index (χ1v) is 7.99. The Bertz CT molecular complexity index is 900. The van der Waals surface area contributed by atoms with Gasteiger partial charge in [0.1, 0.15) is 0 Å². The molecule has 1 aromatic heterocycles. The van der Waals surface area contributed by atoms with Gasteiger partial charge in [-0.25, -0.2) is 0 Å². The number of hydrogen-bond donors (Lipinski definition) is 1. The van der Waals surface area contributed by atoms with Crippen LogP contribution in [-0.2, 0) is 14.9 Å². The zero-order valence-corrected chi connectivity index (χ0v) is 12.7. The third kappa shape index (κ3) is 4.34. The molecule has 0 radical (unpaired) electrons. The van der Waals surface area contributed by atoms with Gasteiger partial charge in [-0.2, -0.15) is 8.42 Å². The maximum absolute atomic E-state index is 10.9. The highest BCUT2D eigenvalue weighted by molar-refractivity contribution is 7.85. The van der Waals surface area contributed by atoms with Gasteiger partial charge in [-0.3, -0.25) is 14.3 Å². The minimum atomic E-state index is -4.02. The van der Waals surface area contributed by atoms with E-state index in [4.69, 9.17) is 4.55 Å². The number of pyridine rings is 1. The summed E-state index contributed by atoms with van der Waals surface area (Å²) in [7, 11) is -4.02. The first-order chi connectivity index (χ1) is 10.4. The van der Waals surface area contributed by atoms with E-state index in [0.717, 1.165) is 16.0 Å². The summed E-state index contributed by atoms with van der Waals surface area (Å²) in [5, 5.41) is 2.04. The monoisotopic (exact) mass is 317 g/mol. The van der Waals surface area contributed by atoms with E-state index in [9.17, 15) is 13.2 Å². The second-order valence-corrected chi connectivity index (χ2v) is 6.23. The van der Waals surface area contributed by atoms with Crippen LogP contribution in [0.2, 0.25) is 0 Å². The lowest BCUT2D eigenvalue weighted by Gasteiger charge is -1.96. The van der Waals surface area contributed by atoms with Crippen LogP contribution in [0.3, 0.4) is 0 Å². The number of rotatable bonds is 1. The van der Waals surface area contributed by atoms with E-state index < -0.39 is 10.1 Å². The zero-order chi connectivity index (χ0) is 16.2. The number of carbonyl (C=O) groups excluding carboxylic acids is 1. The molecule has 1 aliphatic carbocycles. The second-order valence-electron chi connectivity index (χ2n) is 4.81. The van der Waals surface area contributed by atoms with Gasteiger partial charge in [0.15, 0.2) is 5.78 Å². The molecule has 1 heterocycles. The molecule has 0 amide bonds. The lowest BCUT2D eigenvalue weighted by molar-refractivity contribution is -0.112. The molecular weight excluding hydrogens is 302 g/mol. The van der Waals surface area contributed by atoms with Crippen LogP contribution in [0.4, 0.5) is 0 Å². The number of carbonyl (C=O) groups is 1. The Balaban J connectivity index is 0.000000160. The smallest absolute Gasteiger partial charge is 0.294 e. The second kappa shape index (κ2) is 6.64. The molecule has 2 aromatic rings. The number of aryl methyl sites for hydroxylation is 1. The van der Waals surface area contributed by atoms with Gasteiger partial charge in [0.25, 0.3) is 10.1 Å². The van der Waals surface area contributed by atoms with Gasteiger partial charge in [0.2, 0.25) is 0 Å². The molecule has 22 heavy (non-hydrogen) atoms. The molecule has 1 aromatic carbocycles. The van der Waals surface area contributed by atoms with E-state index in [0.29, 0.717) is 6.42 Å². The summed E-state index contributed by atoms with van der Waals surface area (Å²) in [5.74, 6) is 0.158. The minimum absolute atomic E-state index is 0.0666. The van der Waals surface area contributed by atoms with Gasteiger partial charge in [0.05, 0.1) is 4.90 Å². The Morgan fingerprint density at radius 1 is 1.09 bits per heavy atom. The van der Waals surface area contributed by atoms with E-state index >= 15 is 0 Å². The number of fused-ring (bicyclic) bond motifs is 1. The molecule has 3 rings (SSSR count). The van der Waals surface area contributed by atoms with Crippen molar-refractivity contribution in [2.45, 2.75) is 18.2 Å². The molecule has 0 bridgehead atoms. The molecule has 0 unspecified atom stereocenters. The van der Waals surface area contributed by atoms with Crippen LogP contribution in [0.5, 0.6) is 0 Å². The first kappa shape index (κ1) is 16.1. The van der Waals surface area contributed by atoms with Crippen molar-refractivity contribution in [1.29, 1.82) is 0 Å². The van der Waals surface area contributed by atoms with E-state index in [2.05, 4.69) is 4.98 Å². The lowest BCUT2D eigenvalue weighted by atomic mass is 10.1. The maximum atomic E-state index is 10.9. The topological polar surface area (TPSA) is 84.3 Å². The lowest BCUT2D eigenvalue weighted by Crippen LogP contribution is -2.29. The minimum Gasteiger partial charge on any atom is -0.294 e. The number of benzene rings is 1. The fourth-order valence-electron chi connectivity index (χ4n) is 1.88. The zero-order valence-electron chi connectivity index (χ0n) is 11.9. The molecule has 0 aliphatic heterocycles. The summed E-state index contributed by atoms with van der Waals surface area (Å²) in [6, 6.07) is 7.90. The van der Waals surface area contributed by atoms with Gasteiger partial charge < -0.3 is 0 Å². The van der Waals surface area contributed by atoms with E-state index in [1.807, 2.05) is 19.1 Å². The molecule has 0 spiro atoms. The molecule has 114 valence electrons. The molecule has 0 atom stereocenters. The highest BCUT2D eigenvalue weighted by Gasteiger charge is 2.06. The predicted octanol–water partition coefficient (Wildman–Crippen LogP) is 0.857. The molecule has 0 saturated heterocycles. The Morgan fingerprint density at radius 3 is 2.41 bits per heavy atom. The van der Waals surface area contributed by atoms with Crippen LogP contribution in [0.25, 0.3) is 12.2 Å². The van der Waals surface area contributed by atoms with E-state index in [-0.39, 0.29) is 10.7 Å². The molecule has 1 aliphatic rings. The predicted molar refractivity (Wildman–Crippen MR) is 83.0 cm³/mol. The van der Waals surface area contributed by atoms with Gasteiger partial charge in [-0.15, -0.1) is 0 Å². The van der Waals surface area contributed by atoms with Crippen molar-refractivity contribution in [3.8, 4) is 0 Å². The van der Waals surface area contributed by atoms with Crippen molar-refractivity contribution in [2.75, 3.05) is 0 Å². The third-order valence-electron chi connectivity index (χ3n) is 3.05. The molecule has 0 fully saturated rings. The fraction of sp³-hybridized carbons (Fsp3) is 0.125. The summed E-state index contributed by atoms with van der Waals surface area (Å²) in [6.07, 6.45) is 7.54. The summed E-state index contributed by atoms with van der Waals surface area (Å²) in [4.78, 5) is 14.8. The number of Topliss-reactive ketones (excluding diaryl/α,β-unsaturated/α-hetero) is 1. The quantitative estimate of drug-likeness (QED) is 0.789. The first-order valence-electron chi connectivity index (χ1n) is 6.55. The summed E-state index contributed by atoms with van der Waals surface area (Å²) in [6.45, 7) is 1.84. The van der Waals surface area contributed by atoms with Crippen LogP contribution >= 0.6 is 0 Å². The molecule has 6 heteroatoms. The summed E-state index contributed by atoms with van der Waals surface area (Å²) in [5.41, 5.74) is 0.956. The Morgan fingerprint density at radius 2 is 1.77 bits per heavy atom. The van der Waals surface area contributed by atoms with Crippen molar-refractivity contribution in [2.24, 2.45) is 0 Å². The van der Waals surface area contributed by atoms with Crippen molar-refractivity contribution in [1.82, 2.24) is 4.98 Å². The van der Waals surface area contributed by atoms with Crippen LogP contribution in [0.15, 0.2) is 47.6 Å². The Labute approximate surface area is 128 Å². The summed E-state index contributed by atoms with van der Waals surface area (Å²) < 4.78 is 29.6. The number of ketones is 1. The van der Waals surface area contributed by atoms with Crippen molar-refractivity contribution < 1.29 is 17.8 Å². The van der Waals surface area contributed by atoms with Crippen LogP contribution in [0.1, 0.15) is 12.0 Å². The Hall–Kier alpha value is -2.31. The standard InChI is InChI=1S/C9H7NO.C7H8O3S/c11-9-2-1-7-3-4-10-6-8(7)5-9;1-6-2-4-7(5-3-6)11(8,9)10/h1,3-6H,2H2;2-5H,1H3,(H,8,9,10). The van der Waals surface area contributed by atoms with Crippen LogP contribution in [-0.4, -0.2) is 23.7 Å². The van der Waals surface area contributed by atoms with Crippen molar-refractivity contribution in [3.63, 3.8) is 0 Å². The number of nitrogens with zero attached hydrogens (tertiary/aromatic N) is 1. The average Bonchev–Trinajstić information content (AvgIpc) is 2.47. The molecular formula is C16H15NO4S. The number of aromatic nitrogens is 1. The maximum Gasteiger partial charge on any atom is 0.294 e. The molecule has 1 N–H and O–H groups in total. The third-order valence-corrected chi connectivity index (χ3v) is 3.91. The summed E-state index contributed by atoms with van der Waals surface area (Å²) >= 11 is 0. The van der Waals surface area contributed by atoms with Gasteiger partial charge >= 0.3 is 0 Å². The highest BCUT2D eigenvalue weighted by Crippen LogP contribution is 2.08. The SMILES string of the molecule is Cc1ccc(S(=O)(=O)O)cc1.O=C1C=c2cnccc2=CC1. The highest BCUT2D eigenvalue weighted by atomic mass is 32.2. The van der Waals surface area contributed by atoms with Crippen molar-refractivity contribution >= 4 is 28.1 Å². The normalized spacial score (nSPS) is 13.1. The van der Waals surface area contributed by atoms with E-state index in [1.54, 1.807) is 30.6 Å². The average molecular weight is 317 g/mol. The van der Waals surface area contributed by atoms with Crippen LogP contribution < -0.4 is 10.4 Å². The van der Waals surface area contributed by atoms with Gasteiger partial charge in [-0.1, -0.05) is 23.8 Å². The van der Waals surface area contributed by atoms with E-state index in [1.165, 1.54) is 12.1 Å². The molecule has 0 saturated carbocycles. The fourth-order valence-corrected chi connectivity index (χ4v) is 2.36. The van der Waals surface area contributed by atoms with Crippen molar-refractivity contribution in [3.05, 3.63) is 58.7 Å². The Kier molecular flexibility index (Phi) is 4.85. The molecule has 5 nitrogen and oxygen atoms in total. The van der Waals surface area contributed by atoms with Crippen LogP contribution in [0, 0.1) is 6.92 Å². The van der Waals surface area contributed by atoms with Gasteiger partial charge in [-0.05, 0) is 36.4 Å². The number of hydrogen-bond acceptors (Lipinski definition) is 4. The largest absolute Gasteiger partial charge is 0.294 e. The van der Waals surface area contributed by atoms with Gasteiger partial charge in [0, 0.05) is 24.0 Å².